The topological polar surface area (TPSA) is 71.6 Å². The Morgan fingerprint density at radius 2 is 2.11 bits per heavy atom. The van der Waals surface area contributed by atoms with E-state index in [0.717, 1.165) is 23.2 Å². The second-order valence-corrected chi connectivity index (χ2v) is 9.40. The van der Waals surface area contributed by atoms with Crippen LogP contribution in [0.15, 0.2) is 24.3 Å². The van der Waals surface area contributed by atoms with E-state index in [1.165, 1.54) is 11.3 Å². The average Bonchev–Trinajstić information content (AvgIpc) is 3.20. The zero-order valence-corrected chi connectivity index (χ0v) is 16.9. The highest BCUT2D eigenvalue weighted by atomic mass is 35.5. The van der Waals surface area contributed by atoms with E-state index in [1.54, 1.807) is 12.1 Å². The predicted molar refractivity (Wildman–Crippen MR) is 107 cm³/mol. The smallest absolute Gasteiger partial charge is 0.207 e. The Morgan fingerprint density at radius 3 is 2.74 bits per heavy atom. The number of carbonyl (C=O) groups is 1. The van der Waals surface area contributed by atoms with Crippen molar-refractivity contribution in [2.75, 3.05) is 0 Å². The molecule has 27 heavy (non-hydrogen) atoms. The third kappa shape index (κ3) is 3.38. The predicted octanol–water partition coefficient (Wildman–Crippen LogP) is 5.27. The lowest BCUT2D eigenvalue weighted by molar-refractivity contribution is 0.0972. The summed E-state index contributed by atoms with van der Waals surface area (Å²) < 4.78 is 2.84. The number of carbonyl (C=O) groups excluding carboxylic acids is 1. The van der Waals surface area contributed by atoms with Crippen LogP contribution in [-0.4, -0.2) is 20.5 Å². The van der Waals surface area contributed by atoms with Crippen molar-refractivity contribution in [3.63, 3.8) is 0 Å². The van der Waals surface area contributed by atoms with Crippen molar-refractivity contribution in [3.8, 4) is 6.07 Å². The molecule has 0 unspecified atom stereocenters. The summed E-state index contributed by atoms with van der Waals surface area (Å²) in [7, 11) is 0. The Balaban J connectivity index is 1.72. The number of benzene rings is 1. The van der Waals surface area contributed by atoms with Gasteiger partial charge >= 0.3 is 0 Å². The Bertz CT molecular complexity index is 1080. The Kier molecular flexibility index (Phi) is 4.32. The molecule has 0 N–H and O–H groups in total. The molecule has 5 nitrogen and oxygen atoms in total. The highest BCUT2D eigenvalue weighted by Gasteiger charge is 2.34. The molecule has 0 spiro atoms. The summed E-state index contributed by atoms with van der Waals surface area (Å²) in [6, 6.07) is 9.37. The summed E-state index contributed by atoms with van der Waals surface area (Å²) in [6.45, 7) is 6.21. The largest absolute Gasteiger partial charge is 0.290 e. The summed E-state index contributed by atoms with van der Waals surface area (Å²) in [5.41, 5.74) is 1.91. The van der Waals surface area contributed by atoms with E-state index in [4.69, 9.17) is 11.6 Å². The average molecular weight is 399 g/mol. The zero-order chi connectivity index (χ0) is 19.3. The number of Topliss-reactive ketones (excluding diaryl/α,β-unsaturated/α-hetero) is 1. The van der Waals surface area contributed by atoms with E-state index in [-0.39, 0.29) is 11.3 Å². The zero-order valence-electron chi connectivity index (χ0n) is 15.4. The number of ketones is 1. The third-order valence-electron chi connectivity index (χ3n) is 4.62. The molecule has 2 aromatic heterocycles. The van der Waals surface area contributed by atoms with Crippen LogP contribution in [0.3, 0.4) is 0 Å². The van der Waals surface area contributed by atoms with Gasteiger partial charge in [0.05, 0.1) is 21.8 Å². The van der Waals surface area contributed by atoms with Gasteiger partial charge in [-0.15, -0.1) is 11.3 Å². The number of hydrogen-bond donors (Lipinski definition) is 0. The molecule has 7 heteroatoms. The van der Waals surface area contributed by atoms with Gasteiger partial charge in [-0.3, -0.25) is 9.48 Å². The molecule has 1 aromatic carbocycles. The molecule has 0 amide bonds. The summed E-state index contributed by atoms with van der Waals surface area (Å²) in [5.74, 6) is -0.799. The minimum atomic E-state index is -0.962. The van der Waals surface area contributed by atoms with Crippen LogP contribution in [0.5, 0.6) is 0 Å². The Morgan fingerprint density at radius 1 is 1.37 bits per heavy atom. The molecular formula is C20H19ClN4OS. The van der Waals surface area contributed by atoms with Crippen molar-refractivity contribution in [1.82, 2.24) is 14.8 Å². The molecule has 1 aliphatic rings. The van der Waals surface area contributed by atoms with Gasteiger partial charge in [0.25, 0.3) is 0 Å². The standard InChI is InChI=1S/C20H19ClN4OS/c1-20(2,3)25-16(11-4-5-11)9-15(24-25)18(26)13(10-22)19-23-14-8-12(21)6-7-17(14)27-19/h6-9,11,13H,4-5H2,1-3H3/t13-/m1/s1. The number of nitriles is 1. The van der Waals surface area contributed by atoms with Crippen LogP contribution in [0.25, 0.3) is 10.2 Å². The monoisotopic (exact) mass is 398 g/mol. The second kappa shape index (κ2) is 6.43. The van der Waals surface area contributed by atoms with Crippen LogP contribution in [0.2, 0.25) is 5.02 Å². The number of hydrogen-bond acceptors (Lipinski definition) is 5. The minimum Gasteiger partial charge on any atom is -0.290 e. The molecule has 0 radical (unpaired) electrons. The van der Waals surface area contributed by atoms with Gasteiger partial charge < -0.3 is 0 Å². The second-order valence-electron chi connectivity index (χ2n) is 7.90. The first kappa shape index (κ1) is 18.1. The van der Waals surface area contributed by atoms with Crippen molar-refractivity contribution >= 4 is 38.9 Å². The molecule has 3 aromatic rings. The first-order valence-corrected chi connectivity index (χ1v) is 10.1. The Hall–Kier alpha value is -2.23. The molecule has 0 aliphatic heterocycles. The summed E-state index contributed by atoms with van der Waals surface area (Å²) in [6.07, 6.45) is 2.24. The number of fused-ring (bicyclic) bond motifs is 1. The molecule has 0 saturated heterocycles. The fourth-order valence-electron chi connectivity index (χ4n) is 3.14. The van der Waals surface area contributed by atoms with E-state index in [9.17, 15) is 10.1 Å². The number of halogens is 1. The van der Waals surface area contributed by atoms with Crippen LogP contribution in [0.4, 0.5) is 0 Å². The van der Waals surface area contributed by atoms with Gasteiger partial charge in [-0.1, -0.05) is 11.6 Å². The fraction of sp³-hybridized carbons (Fsp3) is 0.400. The first-order chi connectivity index (χ1) is 12.8. The molecule has 2 heterocycles. The highest BCUT2D eigenvalue weighted by Crippen LogP contribution is 2.42. The number of rotatable bonds is 4. The highest BCUT2D eigenvalue weighted by molar-refractivity contribution is 7.18. The van der Waals surface area contributed by atoms with Gasteiger partial charge in [0.2, 0.25) is 5.78 Å². The van der Waals surface area contributed by atoms with Crippen molar-refractivity contribution in [3.05, 3.63) is 45.7 Å². The maximum absolute atomic E-state index is 13.1. The SMILES string of the molecule is CC(C)(C)n1nc(C(=O)[C@@H](C#N)c2nc3cc(Cl)ccc3s2)cc1C1CC1. The lowest BCUT2D eigenvalue weighted by Crippen LogP contribution is -2.25. The molecule has 4 rings (SSSR count). The van der Waals surface area contributed by atoms with E-state index in [1.807, 2.05) is 16.8 Å². The van der Waals surface area contributed by atoms with Crippen molar-refractivity contribution < 1.29 is 4.79 Å². The summed E-state index contributed by atoms with van der Waals surface area (Å²) in [4.78, 5) is 17.6. The van der Waals surface area contributed by atoms with Gasteiger partial charge in [0, 0.05) is 16.6 Å². The number of aromatic nitrogens is 3. The van der Waals surface area contributed by atoms with Gasteiger partial charge in [0.1, 0.15) is 10.7 Å². The van der Waals surface area contributed by atoms with E-state index < -0.39 is 5.92 Å². The lowest BCUT2D eigenvalue weighted by Gasteiger charge is -2.22. The molecule has 1 fully saturated rings. The minimum absolute atomic E-state index is 0.217. The van der Waals surface area contributed by atoms with Gasteiger partial charge in [-0.2, -0.15) is 10.4 Å². The van der Waals surface area contributed by atoms with Crippen LogP contribution < -0.4 is 0 Å². The first-order valence-electron chi connectivity index (χ1n) is 8.88. The van der Waals surface area contributed by atoms with Crippen LogP contribution in [0.1, 0.15) is 66.6 Å². The quantitative estimate of drug-likeness (QED) is 0.561. The lowest BCUT2D eigenvalue weighted by atomic mass is 10.0. The van der Waals surface area contributed by atoms with Gasteiger partial charge in [-0.25, -0.2) is 4.98 Å². The Labute approximate surface area is 166 Å². The van der Waals surface area contributed by atoms with Crippen molar-refractivity contribution in [2.45, 2.75) is 51.0 Å². The van der Waals surface area contributed by atoms with Gasteiger partial charge in [0.15, 0.2) is 5.92 Å². The molecule has 1 atom stereocenters. The molecule has 1 aliphatic carbocycles. The molecule has 138 valence electrons. The maximum Gasteiger partial charge on any atom is 0.207 e. The third-order valence-corrected chi connectivity index (χ3v) is 5.96. The fourth-order valence-corrected chi connectivity index (χ4v) is 4.30. The van der Waals surface area contributed by atoms with Crippen molar-refractivity contribution in [2.24, 2.45) is 0 Å². The molecule has 0 bridgehead atoms. The summed E-state index contributed by atoms with van der Waals surface area (Å²) >= 11 is 7.37. The van der Waals surface area contributed by atoms with Crippen LogP contribution in [0, 0.1) is 11.3 Å². The van der Waals surface area contributed by atoms with Gasteiger partial charge in [-0.05, 0) is 57.9 Å². The van der Waals surface area contributed by atoms with E-state index in [2.05, 4.69) is 36.9 Å². The van der Waals surface area contributed by atoms with E-state index in [0.29, 0.717) is 27.2 Å². The maximum atomic E-state index is 13.1. The van der Waals surface area contributed by atoms with Crippen LogP contribution in [-0.2, 0) is 5.54 Å². The number of thiazole rings is 1. The van der Waals surface area contributed by atoms with E-state index >= 15 is 0 Å². The van der Waals surface area contributed by atoms with Crippen LogP contribution >= 0.6 is 22.9 Å². The molecular weight excluding hydrogens is 380 g/mol. The normalized spacial score (nSPS) is 15.7. The van der Waals surface area contributed by atoms with Crippen molar-refractivity contribution in [1.29, 1.82) is 5.26 Å². The number of nitrogens with zero attached hydrogens (tertiary/aromatic N) is 4. The molecule has 1 saturated carbocycles. The summed E-state index contributed by atoms with van der Waals surface area (Å²) in [5, 5.41) is 15.3.